The van der Waals surface area contributed by atoms with Crippen molar-refractivity contribution < 1.29 is 0 Å². The Labute approximate surface area is 135 Å². The Morgan fingerprint density at radius 2 is 1.05 bits per heavy atom. The summed E-state index contributed by atoms with van der Waals surface area (Å²) in [5.41, 5.74) is 6.59. The van der Waals surface area contributed by atoms with Crippen LogP contribution in [-0.2, 0) is 0 Å². The van der Waals surface area contributed by atoms with Gasteiger partial charge in [0.2, 0.25) is 0 Å². The molecule has 0 nitrogen and oxygen atoms in total. The highest BCUT2D eigenvalue weighted by molar-refractivity contribution is 5.51. The zero-order valence-electron chi connectivity index (χ0n) is 14.2. The average molecular weight is 292 g/mol. The molecule has 4 saturated carbocycles. The molecule has 116 valence electrons. The van der Waals surface area contributed by atoms with Gasteiger partial charge in [-0.05, 0) is 69.6 Å². The van der Waals surface area contributed by atoms with Gasteiger partial charge in [0, 0.05) is 5.92 Å². The Morgan fingerprint density at radius 3 is 1.64 bits per heavy atom. The quantitative estimate of drug-likeness (QED) is 0.522. The Balaban J connectivity index is 1.96. The maximum Gasteiger partial charge on any atom is 0.00824 e. The van der Waals surface area contributed by atoms with Crippen molar-refractivity contribution in [2.24, 2.45) is 53.3 Å². The van der Waals surface area contributed by atoms with E-state index in [-0.39, 0.29) is 0 Å². The first-order valence-corrected chi connectivity index (χ1v) is 8.73. The van der Waals surface area contributed by atoms with Gasteiger partial charge >= 0.3 is 0 Å². The summed E-state index contributed by atoms with van der Waals surface area (Å²) >= 11 is 0. The maximum absolute atomic E-state index is 4.50. The summed E-state index contributed by atoms with van der Waals surface area (Å²) in [6.45, 7) is 29.5. The van der Waals surface area contributed by atoms with Gasteiger partial charge in [0.05, 0.1) is 0 Å². The van der Waals surface area contributed by atoms with Crippen molar-refractivity contribution in [2.45, 2.75) is 20.8 Å². The molecule has 0 aromatic carbocycles. The van der Waals surface area contributed by atoms with Crippen molar-refractivity contribution in [3.63, 3.8) is 0 Å². The van der Waals surface area contributed by atoms with E-state index in [9.17, 15) is 0 Å². The zero-order valence-corrected chi connectivity index (χ0v) is 14.2. The molecule has 9 atom stereocenters. The molecule has 4 rings (SSSR count). The predicted molar refractivity (Wildman–Crippen MR) is 94.1 cm³/mol. The lowest BCUT2D eigenvalue weighted by Crippen LogP contribution is -2.48. The van der Waals surface area contributed by atoms with Crippen LogP contribution in [0, 0.1) is 53.3 Å². The van der Waals surface area contributed by atoms with E-state index in [0.29, 0.717) is 53.3 Å². The molecule has 0 heteroatoms. The van der Waals surface area contributed by atoms with E-state index < -0.39 is 0 Å². The van der Waals surface area contributed by atoms with Crippen LogP contribution in [0.4, 0.5) is 0 Å². The third-order valence-corrected chi connectivity index (χ3v) is 7.97. The highest BCUT2D eigenvalue weighted by Crippen LogP contribution is 2.71. The number of hydrogen-bond acceptors (Lipinski definition) is 0. The summed E-state index contributed by atoms with van der Waals surface area (Å²) in [4.78, 5) is 0. The van der Waals surface area contributed by atoms with Gasteiger partial charge in [-0.2, -0.15) is 0 Å². The van der Waals surface area contributed by atoms with E-state index in [4.69, 9.17) is 0 Å². The second-order valence-electron chi connectivity index (χ2n) is 8.39. The van der Waals surface area contributed by atoms with Crippen LogP contribution in [0.3, 0.4) is 0 Å². The Kier molecular flexibility index (Phi) is 2.70. The van der Waals surface area contributed by atoms with Crippen molar-refractivity contribution in [1.82, 2.24) is 0 Å². The second kappa shape index (κ2) is 4.16. The smallest absolute Gasteiger partial charge is 0.00824 e. The summed E-state index contributed by atoms with van der Waals surface area (Å²) < 4.78 is 0. The van der Waals surface area contributed by atoms with Crippen LogP contribution in [0.2, 0.25) is 0 Å². The van der Waals surface area contributed by atoms with Gasteiger partial charge in [0.1, 0.15) is 0 Å². The van der Waals surface area contributed by atoms with Crippen molar-refractivity contribution in [3.05, 3.63) is 60.8 Å². The molecule has 0 saturated heterocycles. The van der Waals surface area contributed by atoms with E-state index >= 15 is 0 Å². The van der Waals surface area contributed by atoms with E-state index in [1.54, 1.807) is 0 Å². The van der Waals surface area contributed by atoms with Crippen LogP contribution < -0.4 is 0 Å². The maximum atomic E-state index is 4.50. The summed E-state index contributed by atoms with van der Waals surface area (Å²) in [5.74, 6) is 5.28. The van der Waals surface area contributed by atoms with E-state index in [0.717, 1.165) is 0 Å². The molecule has 22 heavy (non-hydrogen) atoms. The van der Waals surface area contributed by atoms with Crippen molar-refractivity contribution in [2.75, 3.05) is 0 Å². The van der Waals surface area contributed by atoms with E-state index in [2.05, 4.69) is 53.7 Å². The standard InChI is InChI=1S/C22H28/c1-9-10(2)18-15(7)16(8)20-12(4)11(3)19-14(6)13(5)17(9)21(18)22(19)20/h14-22H,1-5H2,6-8H3. The lowest BCUT2D eigenvalue weighted by Gasteiger charge is -2.52. The van der Waals surface area contributed by atoms with Crippen LogP contribution in [-0.4, -0.2) is 0 Å². The third kappa shape index (κ3) is 1.32. The fraction of sp³-hybridized carbons (Fsp3) is 0.545. The molecule has 9 unspecified atom stereocenters. The van der Waals surface area contributed by atoms with Crippen LogP contribution in [0.15, 0.2) is 60.8 Å². The predicted octanol–water partition coefficient (Wildman–Crippen LogP) is 5.43. The molecule has 4 fully saturated rings. The molecule has 0 aromatic heterocycles. The molecule has 0 bridgehead atoms. The van der Waals surface area contributed by atoms with Crippen LogP contribution in [0.1, 0.15) is 20.8 Å². The van der Waals surface area contributed by atoms with Gasteiger partial charge in [-0.3, -0.25) is 0 Å². The van der Waals surface area contributed by atoms with Crippen LogP contribution >= 0.6 is 0 Å². The third-order valence-electron chi connectivity index (χ3n) is 7.97. The van der Waals surface area contributed by atoms with Crippen LogP contribution in [0.25, 0.3) is 0 Å². The fourth-order valence-corrected chi connectivity index (χ4v) is 6.75. The van der Waals surface area contributed by atoms with Crippen molar-refractivity contribution in [3.8, 4) is 0 Å². The first kappa shape index (κ1) is 14.3. The molecule has 0 spiro atoms. The Hall–Kier alpha value is -1.30. The van der Waals surface area contributed by atoms with E-state index in [1.807, 2.05) is 0 Å². The van der Waals surface area contributed by atoms with Crippen molar-refractivity contribution >= 4 is 0 Å². The summed E-state index contributed by atoms with van der Waals surface area (Å²) in [6.07, 6.45) is 0. The van der Waals surface area contributed by atoms with Gasteiger partial charge in [0.25, 0.3) is 0 Å². The molecular formula is C22H28. The highest BCUT2D eigenvalue weighted by atomic mass is 14.7. The van der Waals surface area contributed by atoms with E-state index in [1.165, 1.54) is 27.9 Å². The lowest BCUT2D eigenvalue weighted by molar-refractivity contribution is -0.00464. The van der Waals surface area contributed by atoms with Gasteiger partial charge in [-0.25, -0.2) is 0 Å². The van der Waals surface area contributed by atoms with Crippen molar-refractivity contribution in [1.29, 1.82) is 0 Å². The molecule has 0 radical (unpaired) electrons. The minimum Gasteiger partial charge on any atom is -0.0989 e. The molecule has 4 aliphatic carbocycles. The topological polar surface area (TPSA) is 0 Å². The number of rotatable bonds is 0. The van der Waals surface area contributed by atoms with Gasteiger partial charge < -0.3 is 0 Å². The monoisotopic (exact) mass is 292 g/mol. The first-order valence-electron chi connectivity index (χ1n) is 8.73. The Morgan fingerprint density at radius 1 is 0.591 bits per heavy atom. The van der Waals surface area contributed by atoms with Gasteiger partial charge in [-0.1, -0.05) is 59.2 Å². The number of hydrogen-bond donors (Lipinski definition) is 0. The number of allylic oxidation sites excluding steroid dienone is 5. The molecule has 0 heterocycles. The highest BCUT2D eigenvalue weighted by Gasteiger charge is 2.64. The first-order chi connectivity index (χ1) is 10.3. The minimum atomic E-state index is 0.449. The zero-order chi connectivity index (χ0) is 16.1. The normalized spacial score (nSPS) is 53.2. The molecule has 0 amide bonds. The molecular weight excluding hydrogens is 264 g/mol. The molecule has 0 aromatic rings. The molecule has 4 aliphatic rings. The lowest BCUT2D eigenvalue weighted by atomic mass is 9.51. The van der Waals surface area contributed by atoms with Gasteiger partial charge in [0.15, 0.2) is 0 Å². The summed E-state index contributed by atoms with van der Waals surface area (Å²) in [6, 6.07) is 0. The Bertz CT molecular complexity index is 643. The molecule has 0 aliphatic heterocycles. The van der Waals surface area contributed by atoms with Gasteiger partial charge in [-0.15, -0.1) is 0 Å². The fourth-order valence-electron chi connectivity index (χ4n) is 6.75. The average Bonchev–Trinajstić information content (AvgIpc) is 2.89. The minimum absolute atomic E-state index is 0.449. The van der Waals surface area contributed by atoms with Crippen LogP contribution in [0.5, 0.6) is 0 Å². The second-order valence-corrected chi connectivity index (χ2v) is 8.39. The summed E-state index contributed by atoms with van der Waals surface area (Å²) in [7, 11) is 0. The SMILES string of the molecule is C=C1C(=C)C2C(C)C(C)C3C(=C)C(=C)C4C(C)C(=C)C1C2C43. The molecule has 0 N–H and O–H groups in total. The summed E-state index contributed by atoms with van der Waals surface area (Å²) in [5, 5.41) is 0. The largest absolute Gasteiger partial charge is 0.0989 e.